The monoisotopic (exact) mass is 320 g/mol. The SMILES string of the molecule is C[C@@H]1CCc2[nH]nc(-c3nc(C4CC4)nn3-c3ccccn3)c2C1. The van der Waals surface area contributed by atoms with Gasteiger partial charge < -0.3 is 0 Å². The van der Waals surface area contributed by atoms with Gasteiger partial charge in [-0.1, -0.05) is 13.0 Å². The fraction of sp³-hybridized carbons (Fsp3) is 0.444. The standard InChI is InChI=1S/C18H20N6/c1-11-5-8-14-13(10-11)16(22-21-14)18-20-17(12-6-7-12)23-24(18)15-4-2-3-9-19-15/h2-4,9,11-12H,5-8,10H2,1H3,(H,21,22)/t11-/m1/s1. The van der Waals surface area contributed by atoms with Crippen molar-refractivity contribution in [1.29, 1.82) is 0 Å². The Kier molecular flexibility index (Phi) is 3.04. The zero-order valence-corrected chi connectivity index (χ0v) is 13.7. The zero-order chi connectivity index (χ0) is 16.1. The van der Waals surface area contributed by atoms with Gasteiger partial charge in [0.1, 0.15) is 5.69 Å². The van der Waals surface area contributed by atoms with Crippen LogP contribution in [-0.2, 0) is 12.8 Å². The first-order valence-electron chi connectivity index (χ1n) is 8.74. The van der Waals surface area contributed by atoms with Gasteiger partial charge in [-0.2, -0.15) is 9.78 Å². The van der Waals surface area contributed by atoms with Crippen molar-refractivity contribution in [3.63, 3.8) is 0 Å². The molecule has 2 aliphatic carbocycles. The van der Waals surface area contributed by atoms with E-state index in [1.807, 2.05) is 22.9 Å². The molecule has 6 nitrogen and oxygen atoms in total. The maximum atomic E-state index is 4.85. The summed E-state index contributed by atoms with van der Waals surface area (Å²) in [6.45, 7) is 2.30. The summed E-state index contributed by atoms with van der Waals surface area (Å²) in [6, 6.07) is 5.86. The molecule has 3 heterocycles. The average molecular weight is 320 g/mol. The van der Waals surface area contributed by atoms with Crippen LogP contribution in [0.3, 0.4) is 0 Å². The van der Waals surface area contributed by atoms with E-state index in [2.05, 4.69) is 22.1 Å². The van der Waals surface area contributed by atoms with E-state index in [1.54, 1.807) is 6.20 Å². The summed E-state index contributed by atoms with van der Waals surface area (Å²) in [4.78, 5) is 9.32. The molecule has 0 aromatic carbocycles. The summed E-state index contributed by atoms with van der Waals surface area (Å²) < 4.78 is 1.86. The minimum atomic E-state index is 0.502. The third-order valence-electron chi connectivity index (χ3n) is 5.04. The van der Waals surface area contributed by atoms with Gasteiger partial charge in [-0.05, 0) is 50.2 Å². The summed E-state index contributed by atoms with van der Waals surface area (Å²) in [5.74, 6) is 3.73. The largest absolute Gasteiger partial charge is 0.282 e. The Morgan fingerprint density at radius 1 is 1.21 bits per heavy atom. The highest BCUT2D eigenvalue weighted by molar-refractivity contribution is 5.59. The van der Waals surface area contributed by atoms with E-state index in [4.69, 9.17) is 10.1 Å². The molecule has 0 radical (unpaired) electrons. The maximum absolute atomic E-state index is 4.85. The molecule has 0 bridgehead atoms. The minimum absolute atomic E-state index is 0.502. The van der Waals surface area contributed by atoms with Crippen LogP contribution in [-0.4, -0.2) is 29.9 Å². The van der Waals surface area contributed by atoms with E-state index >= 15 is 0 Å². The predicted octanol–water partition coefficient (Wildman–Crippen LogP) is 3.05. The van der Waals surface area contributed by atoms with Crippen molar-refractivity contribution < 1.29 is 0 Å². The molecule has 3 aromatic heterocycles. The van der Waals surface area contributed by atoms with Gasteiger partial charge in [-0.15, -0.1) is 5.10 Å². The number of aromatic amines is 1. The van der Waals surface area contributed by atoms with Crippen LogP contribution in [0.25, 0.3) is 17.3 Å². The number of aryl methyl sites for hydroxylation is 1. The molecule has 1 saturated carbocycles. The van der Waals surface area contributed by atoms with Gasteiger partial charge in [0.15, 0.2) is 17.5 Å². The smallest absolute Gasteiger partial charge is 0.185 e. The predicted molar refractivity (Wildman–Crippen MR) is 89.9 cm³/mol. The minimum Gasteiger partial charge on any atom is -0.282 e. The van der Waals surface area contributed by atoms with Crippen LogP contribution < -0.4 is 0 Å². The Hall–Kier alpha value is -2.50. The van der Waals surface area contributed by atoms with Crippen molar-refractivity contribution in [1.82, 2.24) is 29.9 Å². The fourth-order valence-corrected chi connectivity index (χ4v) is 3.49. The van der Waals surface area contributed by atoms with Crippen molar-refractivity contribution in [3.05, 3.63) is 41.5 Å². The second-order valence-electron chi connectivity index (χ2n) is 7.04. The fourth-order valence-electron chi connectivity index (χ4n) is 3.49. The summed E-state index contributed by atoms with van der Waals surface area (Å²) in [5.41, 5.74) is 3.51. The summed E-state index contributed by atoms with van der Waals surface area (Å²) in [7, 11) is 0. The molecule has 0 spiro atoms. The molecule has 5 rings (SSSR count). The summed E-state index contributed by atoms with van der Waals surface area (Å²) >= 11 is 0. The number of nitrogens with zero attached hydrogens (tertiary/aromatic N) is 5. The molecule has 24 heavy (non-hydrogen) atoms. The Bertz CT molecular complexity index is 874. The number of fused-ring (bicyclic) bond motifs is 1. The second-order valence-corrected chi connectivity index (χ2v) is 7.04. The van der Waals surface area contributed by atoms with Crippen molar-refractivity contribution in [2.45, 2.75) is 44.9 Å². The highest BCUT2D eigenvalue weighted by Gasteiger charge is 2.32. The Labute approximate surface area is 140 Å². The third-order valence-corrected chi connectivity index (χ3v) is 5.04. The van der Waals surface area contributed by atoms with Crippen LogP contribution in [0.1, 0.15) is 49.2 Å². The summed E-state index contributed by atoms with van der Waals surface area (Å²) in [6.07, 6.45) is 7.49. The molecular formula is C18H20N6. The van der Waals surface area contributed by atoms with Crippen molar-refractivity contribution in [2.75, 3.05) is 0 Å². The first kappa shape index (κ1) is 13.9. The van der Waals surface area contributed by atoms with E-state index in [9.17, 15) is 0 Å². The van der Waals surface area contributed by atoms with E-state index in [-0.39, 0.29) is 0 Å². The van der Waals surface area contributed by atoms with E-state index in [0.29, 0.717) is 11.8 Å². The molecule has 1 N–H and O–H groups in total. The molecule has 0 aliphatic heterocycles. The Morgan fingerprint density at radius 2 is 2.12 bits per heavy atom. The molecule has 122 valence electrons. The first-order valence-corrected chi connectivity index (χ1v) is 8.74. The first-order chi connectivity index (χ1) is 11.8. The van der Waals surface area contributed by atoms with Crippen LogP contribution in [0.4, 0.5) is 0 Å². The van der Waals surface area contributed by atoms with E-state index in [1.165, 1.54) is 30.5 Å². The lowest BCUT2D eigenvalue weighted by molar-refractivity contribution is 0.498. The topological polar surface area (TPSA) is 72.3 Å². The number of aromatic nitrogens is 6. The lowest BCUT2D eigenvalue weighted by Gasteiger charge is -2.18. The molecule has 2 aliphatic rings. The number of rotatable bonds is 3. The van der Waals surface area contributed by atoms with Gasteiger partial charge in [0, 0.05) is 23.4 Å². The quantitative estimate of drug-likeness (QED) is 0.805. The van der Waals surface area contributed by atoms with Crippen molar-refractivity contribution >= 4 is 0 Å². The van der Waals surface area contributed by atoms with Crippen molar-refractivity contribution in [2.24, 2.45) is 5.92 Å². The molecule has 0 unspecified atom stereocenters. The summed E-state index contributed by atoms with van der Waals surface area (Å²) in [5, 5.41) is 12.6. The van der Waals surface area contributed by atoms with Crippen LogP contribution in [0.5, 0.6) is 0 Å². The Morgan fingerprint density at radius 3 is 2.92 bits per heavy atom. The van der Waals surface area contributed by atoms with Gasteiger partial charge in [0.05, 0.1) is 0 Å². The molecule has 6 heteroatoms. The number of hydrogen-bond acceptors (Lipinski definition) is 4. The van der Waals surface area contributed by atoms with Gasteiger partial charge in [-0.3, -0.25) is 5.10 Å². The molecule has 0 saturated heterocycles. The number of hydrogen-bond donors (Lipinski definition) is 1. The highest BCUT2D eigenvalue weighted by atomic mass is 15.4. The normalized spacial score (nSPS) is 20.1. The third kappa shape index (κ3) is 2.25. The molecule has 1 fully saturated rings. The van der Waals surface area contributed by atoms with Gasteiger partial charge in [-0.25, -0.2) is 9.97 Å². The van der Waals surface area contributed by atoms with E-state index < -0.39 is 0 Å². The van der Waals surface area contributed by atoms with E-state index in [0.717, 1.165) is 36.0 Å². The number of nitrogens with one attached hydrogen (secondary N) is 1. The number of H-pyrrole nitrogens is 1. The van der Waals surface area contributed by atoms with Crippen LogP contribution in [0, 0.1) is 5.92 Å². The lowest BCUT2D eigenvalue weighted by atomic mass is 9.87. The van der Waals surface area contributed by atoms with Crippen molar-refractivity contribution in [3.8, 4) is 17.3 Å². The van der Waals surface area contributed by atoms with Crippen LogP contribution >= 0.6 is 0 Å². The molecular weight excluding hydrogens is 300 g/mol. The lowest BCUT2D eigenvalue weighted by Crippen LogP contribution is -2.11. The molecule has 0 amide bonds. The van der Waals surface area contributed by atoms with Gasteiger partial charge in [0.25, 0.3) is 0 Å². The highest BCUT2D eigenvalue weighted by Crippen LogP contribution is 2.40. The Balaban J connectivity index is 1.67. The van der Waals surface area contributed by atoms with Crippen LogP contribution in [0.15, 0.2) is 24.4 Å². The molecule has 1 atom stereocenters. The van der Waals surface area contributed by atoms with Gasteiger partial charge >= 0.3 is 0 Å². The molecule has 3 aromatic rings. The number of pyridine rings is 1. The maximum Gasteiger partial charge on any atom is 0.185 e. The van der Waals surface area contributed by atoms with Crippen LogP contribution in [0.2, 0.25) is 0 Å². The van der Waals surface area contributed by atoms with Gasteiger partial charge in [0.2, 0.25) is 0 Å². The second kappa shape index (κ2) is 5.26. The average Bonchev–Trinajstić information content (AvgIpc) is 3.24. The zero-order valence-electron chi connectivity index (χ0n) is 13.7.